The second kappa shape index (κ2) is 8.20. The number of nitrogens with zero attached hydrogens (tertiary/aromatic N) is 1. The van der Waals surface area contributed by atoms with Gasteiger partial charge in [-0.2, -0.15) is 0 Å². The first-order chi connectivity index (χ1) is 12.6. The van der Waals surface area contributed by atoms with E-state index in [1.165, 1.54) is 24.4 Å². The van der Waals surface area contributed by atoms with E-state index in [4.69, 9.17) is 0 Å². The highest BCUT2D eigenvalue weighted by Gasteiger charge is 2.28. The zero-order chi connectivity index (χ0) is 20.2. The molecule has 1 heterocycles. The van der Waals surface area contributed by atoms with Gasteiger partial charge in [-0.25, -0.2) is 18.2 Å². The van der Waals surface area contributed by atoms with Crippen LogP contribution in [0.4, 0.5) is 19.0 Å². The molecule has 144 valence electrons. The van der Waals surface area contributed by atoms with Crippen LogP contribution in [0.5, 0.6) is 0 Å². The molecule has 0 saturated carbocycles. The van der Waals surface area contributed by atoms with Crippen molar-refractivity contribution in [3.63, 3.8) is 0 Å². The molecule has 2 rings (SSSR count). The first-order valence-corrected chi connectivity index (χ1v) is 8.29. The second-order valence-corrected chi connectivity index (χ2v) is 6.46. The quantitative estimate of drug-likeness (QED) is 0.801. The van der Waals surface area contributed by atoms with E-state index in [9.17, 15) is 22.8 Å². The molecule has 0 atom stereocenters. The number of carbonyl (C=O) groups is 2. The summed E-state index contributed by atoms with van der Waals surface area (Å²) < 4.78 is 40.2. The van der Waals surface area contributed by atoms with E-state index in [1.807, 2.05) is 0 Å². The zero-order valence-electron chi connectivity index (χ0n) is 15.1. The van der Waals surface area contributed by atoms with E-state index in [2.05, 4.69) is 15.6 Å². The fourth-order valence-electron chi connectivity index (χ4n) is 2.22. The summed E-state index contributed by atoms with van der Waals surface area (Å²) in [4.78, 5) is 27.9. The first kappa shape index (κ1) is 20.4. The number of rotatable bonds is 6. The van der Waals surface area contributed by atoms with Gasteiger partial charge >= 0.3 is 0 Å². The Morgan fingerprint density at radius 1 is 1.19 bits per heavy atom. The van der Waals surface area contributed by atoms with Gasteiger partial charge in [0.15, 0.2) is 0 Å². The fourth-order valence-corrected chi connectivity index (χ4v) is 2.22. The van der Waals surface area contributed by atoms with Gasteiger partial charge in [0, 0.05) is 31.1 Å². The van der Waals surface area contributed by atoms with Gasteiger partial charge in [0.1, 0.15) is 11.6 Å². The lowest BCUT2D eigenvalue weighted by atomic mass is 10.1. The Kier molecular flexibility index (Phi) is 6.20. The number of hydrogen-bond donors (Lipinski definition) is 2. The third-order valence-corrected chi connectivity index (χ3v) is 3.76. The summed E-state index contributed by atoms with van der Waals surface area (Å²) in [6, 6.07) is 6.17. The van der Waals surface area contributed by atoms with E-state index in [0.29, 0.717) is 12.5 Å². The number of alkyl halides is 2. The van der Waals surface area contributed by atoms with E-state index >= 15 is 0 Å². The normalized spacial score (nSPS) is 11.4. The molecule has 0 spiro atoms. The van der Waals surface area contributed by atoms with Crippen LogP contribution >= 0.6 is 0 Å². The summed E-state index contributed by atoms with van der Waals surface area (Å²) in [5.74, 6) is -5.01. The predicted molar refractivity (Wildman–Crippen MR) is 94.8 cm³/mol. The van der Waals surface area contributed by atoms with Gasteiger partial charge in [-0.3, -0.25) is 9.59 Å². The smallest absolute Gasteiger partial charge is 0.273 e. The highest BCUT2D eigenvalue weighted by atomic mass is 19.3. The highest BCUT2D eigenvalue weighted by molar-refractivity contribution is 5.96. The maximum absolute atomic E-state index is 13.8. The third-order valence-electron chi connectivity index (χ3n) is 3.76. The minimum Gasteiger partial charge on any atom is -0.348 e. The largest absolute Gasteiger partial charge is 0.348 e. The van der Waals surface area contributed by atoms with Crippen LogP contribution in [0.1, 0.15) is 42.3 Å². The number of benzene rings is 1. The van der Waals surface area contributed by atoms with Gasteiger partial charge in [0.25, 0.3) is 11.8 Å². The third kappa shape index (κ3) is 5.54. The SMILES string of the molecule is CC(C)C(=O)Nc1cc(C(=O)NCc2ccc(C(C)(F)F)c(F)c2)ccn1. The Balaban J connectivity index is 2.04. The number of pyridine rings is 1. The van der Waals surface area contributed by atoms with Crippen LogP contribution in [0.15, 0.2) is 36.5 Å². The van der Waals surface area contributed by atoms with Gasteiger partial charge in [0.05, 0.1) is 5.56 Å². The van der Waals surface area contributed by atoms with Crippen molar-refractivity contribution in [3.05, 3.63) is 59.0 Å². The van der Waals surface area contributed by atoms with Crippen molar-refractivity contribution in [2.24, 2.45) is 5.92 Å². The molecule has 2 N–H and O–H groups in total. The molecule has 2 aromatic rings. The minimum atomic E-state index is -3.28. The predicted octanol–water partition coefficient (Wildman–Crippen LogP) is 3.86. The van der Waals surface area contributed by atoms with Crippen molar-refractivity contribution in [2.75, 3.05) is 5.32 Å². The molecule has 8 heteroatoms. The maximum Gasteiger partial charge on any atom is 0.273 e. The topological polar surface area (TPSA) is 71.1 Å². The lowest BCUT2D eigenvalue weighted by Crippen LogP contribution is -2.24. The Hall–Kier alpha value is -2.90. The lowest BCUT2D eigenvalue weighted by molar-refractivity contribution is -0.118. The van der Waals surface area contributed by atoms with Crippen LogP contribution in [0.3, 0.4) is 0 Å². The maximum atomic E-state index is 13.8. The van der Waals surface area contributed by atoms with Crippen molar-refractivity contribution in [1.82, 2.24) is 10.3 Å². The van der Waals surface area contributed by atoms with Gasteiger partial charge in [-0.15, -0.1) is 0 Å². The molecule has 2 amide bonds. The molecule has 0 aliphatic rings. The summed E-state index contributed by atoms with van der Waals surface area (Å²) in [6.07, 6.45) is 1.38. The van der Waals surface area contributed by atoms with Gasteiger partial charge < -0.3 is 10.6 Å². The van der Waals surface area contributed by atoms with Crippen molar-refractivity contribution < 1.29 is 22.8 Å². The number of hydrogen-bond acceptors (Lipinski definition) is 3. The fraction of sp³-hybridized carbons (Fsp3) is 0.316. The summed E-state index contributed by atoms with van der Waals surface area (Å²) >= 11 is 0. The first-order valence-electron chi connectivity index (χ1n) is 8.29. The lowest BCUT2D eigenvalue weighted by Gasteiger charge is -2.13. The Bertz CT molecular complexity index is 848. The van der Waals surface area contributed by atoms with E-state index in [0.717, 1.165) is 12.1 Å². The molecule has 1 aromatic carbocycles. The van der Waals surface area contributed by atoms with Crippen molar-refractivity contribution in [3.8, 4) is 0 Å². The Labute approximate surface area is 155 Å². The summed E-state index contributed by atoms with van der Waals surface area (Å²) in [5, 5.41) is 5.16. The molecular weight excluding hydrogens is 359 g/mol. The van der Waals surface area contributed by atoms with E-state index in [1.54, 1.807) is 13.8 Å². The standard InChI is InChI=1S/C19H20F3N3O2/c1-11(2)17(26)25-16-9-13(6-7-23-16)18(27)24-10-12-4-5-14(15(20)8-12)19(3,21)22/h4-9,11H,10H2,1-3H3,(H,24,27)(H,23,25,26). The minimum absolute atomic E-state index is 0.0403. The number of halogens is 3. The number of nitrogens with one attached hydrogen (secondary N) is 2. The van der Waals surface area contributed by atoms with Crippen LogP contribution in [0, 0.1) is 11.7 Å². The molecule has 0 fully saturated rings. The van der Waals surface area contributed by atoms with Crippen LogP contribution in [0.25, 0.3) is 0 Å². The summed E-state index contributed by atoms with van der Waals surface area (Å²) in [6.45, 7) is 4.03. The molecule has 1 aromatic heterocycles. The van der Waals surface area contributed by atoms with Crippen LogP contribution in [-0.4, -0.2) is 16.8 Å². The zero-order valence-corrected chi connectivity index (χ0v) is 15.1. The number of amides is 2. The molecule has 0 saturated heterocycles. The van der Waals surface area contributed by atoms with Crippen molar-refractivity contribution in [1.29, 1.82) is 0 Å². The van der Waals surface area contributed by atoms with Crippen LogP contribution < -0.4 is 10.6 Å². The summed E-state index contributed by atoms with van der Waals surface area (Å²) in [7, 11) is 0. The molecule has 27 heavy (non-hydrogen) atoms. The highest BCUT2D eigenvalue weighted by Crippen LogP contribution is 2.29. The molecule has 5 nitrogen and oxygen atoms in total. The van der Waals surface area contributed by atoms with Crippen LogP contribution in [-0.2, 0) is 17.3 Å². The van der Waals surface area contributed by atoms with Gasteiger partial charge in [0.2, 0.25) is 5.91 Å². The summed E-state index contributed by atoms with van der Waals surface area (Å²) in [5.41, 5.74) is -0.102. The Morgan fingerprint density at radius 3 is 2.48 bits per heavy atom. The molecular formula is C19H20F3N3O2. The molecule has 0 aliphatic carbocycles. The second-order valence-electron chi connectivity index (χ2n) is 6.46. The number of aromatic nitrogens is 1. The molecule has 0 radical (unpaired) electrons. The van der Waals surface area contributed by atoms with Gasteiger partial charge in [-0.05, 0) is 29.8 Å². The number of anilines is 1. The Morgan fingerprint density at radius 2 is 1.89 bits per heavy atom. The average Bonchev–Trinajstić information content (AvgIpc) is 2.58. The van der Waals surface area contributed by atoms with Crippen molar-refractivity contribution in [2.45, 2.75) is 33.2 Å². The number of carbonyl (C=O) groups excluding carboxylic acids is 2. The molecule has 0 bridgehead atoms. The van der Waals surface area contributed by atoms with E-state index in [-0.39, 0.29) is 29.8 Å². The van der Waals surface area contributed by atoms with Crippen molar-refractivity contribution >= 4 is 17.6 Å². The molecule has 0 unspecified atom stereocenters. The van der Waals surface area contributed by atoms with Gasteiger partial charge in [-0.1, -0.05) is 19.9 Å². The molecule has 0 aliphatic heterocycles. The van der Waals surface area contributed by atoms with Crippen LogP contribution in [0.2, 0.25) is 0 Å². The van der Waals surface area contributed by atoms with E-state index < -0.39 is 23.2 Å². The monoisotopic (exact) mass is 379 g/mol. The average molecular weight is 379 g/mol.